The summed E-state index contributed by atoms with van der Waals surface area (Å²) in [6.07, 6.45) is 1.80. The molecule has 0 aliphatic rings. The molecule has 1 aromatic carbocycles. The molecule has 2 aromatic rings. The second kappa shape index (κ2) is 6.85. The number of hydrogen-bond donors (Lipinski definition) is 3. The molecule has 5 heteroatoms. The van der Waals surface area contributed by atoms with Gasteiger partial charge in [-0.3, -0.25) is 9.59 Å². The van der Waals surface area contributed by atoms with E-state index in [1.165, 1.54) is 12.3 Å². The molecule has 1 heterocycles. The van der Waals surface area contributed by atoms with Crippen LogP contribution < -0.4 is 10.7 Å². The highest BCUT2D eigenvalue weighted by molar-refractivity contribution is 5.94. The van der Waals surface area contributed by atoms with Crippen molar-refractivity contribution < 1.29 is 9.90 Å². The summed E-state index contributed by atoms with van der Waals surface area (Å²) in [4.78, 5) is 26.9. The van der Waals surface area contributed by atoms with E-state index < -0.39 is 5.91 Å². The van der Waals surface area contributed by atoms with Crippen LogP contribution in [0, 0.1) is 6.92 Å². The van der Waals surface area contributed by atoms with Crippen LogP contribution in [0.25, 0.3) is 0 Å². The fraction of sp³-hybridized carbons (Fsp3) is 0.250. The minimum Gasteiger partial charge on any atom is -0.396 e. The lowest BCUT2D eigenvalue weighted by Crippen LogP contribution is -2.32. The molecule has 0 aliphatic carbocycles. The number of hydrogen-bond acceptors (Lipinski definition) is 3. The molecule has 0 saturated heterocycles. The van der Waals surface area contributed by atoms with Crippen LogP contribution in [0.4, 0.5) is 0 Å². The average molecular weight is 286 g/mol. The quantitative estimate of drug-likeness (QED) is 0.779. The SMILES string of the molecule is Cc1cc(=O)c(C(=O)NC(CCO)c2ccccc2)c[nH]1. The molecule has 0 spiro atoms. The van der Waals surface area contributed by atoms with Crippen molar-refractivity contribution in [2.24, 2.45) is 0 Å². The van der Waals surface area contributed by atoms with Gasteiger partial charge in [-0.2, -0.15) is 0 Å². The first-order valence-electron chi connectivity index (χ1n) is 6.78. The number of pyridine rings is 1. The van der Waals surface area contributed by atoms with Crippen LogP contribution >= 0.6 is 0 Å². The lowest BCUT2D eigenvalue weighted by molar-refractivity contribution is 0.0928. The van der Waals surface area contributed by atoms with E-state index in [0.717, 1.165) is 5.56 Å². The predicted octanol–water partition coefficient (Wildman–Crippen LogP) is 1.54. The Morgan fingerprint density at radius 2 is 2.05 bits per heavy atom. The first-order chi connectivity index (χ1) is 10.1. The number of aryl methyl sites for hydroxylation is 1. The maximum atomic E-state index is 12.2. The van der Waals surface area contributed by atoms with Crippen LogP contribution in [0.5, 0.6) is 0 Å². The van der Waals surface area contributed by atoms with Crippen LogP contribution in [0.1, 0.15) is 34.1 Å². The molecule has 5 nitrogen and oxygen atoms in total. The van der Waals surface area contributed by atoms with Gasteiger partial charge >= 0.3 is 0 Å². The summed E-state index contributed by atoms with van der Waals surface area (Å²) in [5, 5.41) is 11.9. The summed E-state index contributed by atoms with van der Waals surface area (Å²) in [7, 11) is 0. The van der Waals surface area contributed by atoms with Gasteiger partial charge in [0.15, 0.2) is 5.43 Å². The number of benzene rings is 1. The Kier molecular flexibility index (Phi) is 4.90. The molecule has 0 bridgehead atoms. The molecule has 0 radical (unpaired) electrons. The number of aliphatic hydroxyl groups is 1. The third-order valence-corrected chi connectivity index (χ3v) is 3.23. The van der Waals surface area contributed by atoms with Crippen LogP contribution in [0.2, 0.25) is 0 Å². The summed E-state index contributed by atoms with van der Waals surface area (Å²) >= 11 is 0. The second-order valence-electron chi connectivity index (χ2n) is 4.84. The zero-order chi connectivity index (χ0) is 15.2. The maximum absolute atomic E-state index is 12.2. The number of aromatic nitrogens is 1. The Morgan fingerprint density at radius 3 is 2.67 bits per heavy atom. The van der Waals surface area contributed by atoms with Crippen molar-refractivity contribution in [2.45, 2.75) is 19.4 Å². The number of amides is 1. The first-order valence-corrected chi connectivity index (χ1v) is 6.78. The number of H-pyrrole nitrogens is 1. The standard InChI is InChI=1S/C16H18N2O3/c1-11-9-15(20)13(10-17-11)16(21)18-14(7-8-19)12-5-3-2-4-6-12/h2-6,9-10,14,19H,7-8H2,1H3,(H,17,20)(H,18,21). The number of rotatable bonds is 5. The Bertz CT molecular complexity index is 665. The molecule has 1 aromatic heterocycles. The molecule has 21 heavy (non-hydrogen) atoms. The lowest BCUT2D eigenvalue weighted by Gasteiger charge is -2.18. The third-order valence-electron chi connectivity index (χ3n) is 3.23. The summed E-state index contributed by atoms with van der Waals surface area (Å²) < 4.78 is 0. The van der Waals surface area contributed by atoms with Gasteiger partial charge in [-0.05, 0) is 18.9 Å². The van der Waals surface area contributed by atoms with Crippen molar-refractivity contribution >= 4 is 5.91 Å². The van der Waals surface area contributed by atoms with Gasteiger partial charge in [-0.25, -0.2) is 0 Å². The van der Waals surface area contributed by atoms with E-state index in [1.54, 1.807) is 6.92 Å². The number of aromatic amines is 1. The maximum Gasteiger partial charge on any atom is 0.257 e. The van der Waals surface area contributed by atoms with Gasteiger partial charge in [0.05, 0.1) is 6.04 Å². The number of aliphatic hydroxyl groups excluding tert-OH is 1. The highest BCUT2D eigenvalue weighted by atomic mass is 16.3. The molecule has 0 saturated carbocycles. The molecule has 110 valence electrons. The van der Waals surface area contributed by atoms with E-state index in [-0.39, 0.29) is 23.6 Å². The molecule has 1 atom stereocenters. The van der Waals surface area contributed by atoms with E-state index in [2.05, 4.69) is 10.3 Å². The monoisotopic (exact) mass is 286 g/mol. The van der Waals surface area contributed by atoms with Crippen LogP contribution in [0.15, 0.2) is 47.4 Å². The van der Waals surface area contributed by atoms with E-state index in [1.807, 2.05) is 30.3 Å². The van der Waals surface area contributed by atoms with Crippen molar-refractivity contribution in [3.63, 3.8) is 0 Å². The average Bonchev–Trinajstić information content (AvgIpc) is 2.47. The summed E-state index contributed by atoms with van der Waals surface area (Å²) in [6, 6.07) is 10.4. The van der Waals surface area contributed by atoms with E-state index in [4.69, 9.17) is 5.11 Å². The van der Waals surface area contributed by atoms with Gasteiger partial charge in [-0.15, -0.1) is 0 Å². The number of nitrogens with one attached hydrogen (secondary N) is 2. The first kappa shape index (κ1) is 15.0. The van der Waals surface area contributed by atoms with Gasteiger partial charge in [-0.1, -0.05) is 30.3 Å². The Morgan fingerprint density at radius 1 is 1.33 bits per heavy atom. The highest BCUT2D eigenvalue weighted by Crippen LogP contribution is 2.16. The Hall–Kier alpha value is -2.40. The molecule has 1 unspecified atom stereocenters. The van der Waals surface area contributed by atoms with Crippen molar-refractivity contribution in [3.8, 4) is 0 Å². The zero-order valence-electron chi connectivity index (χ0n) is 11.8. The molecule has 2 rings (SSSR count). The molecular weight excluding hydrogens is 268 g/mol. The van der Waals surface area contributed by atoms with Gasteiger partial charge in [0.1, 0.15) is 5.56 Å². The van der Waals surface area contributed by atoms with E-state index >= 15 is 0 Å². The third kappa shape index (κ3) is 3.79. The lowest BCUT2D eigenvalue weighted by atomic mass is 10.0. The van der Waals surface area contributed by atoms with Crippen molar-refractivity contribution in [1.82, 2.24) is 10.3 Å². The molecule has 3 N–H and O–H groups in total. The molecule has 0 fully saturated rings. The van der Waals surface area contributed by atoms with Crippen LogP contribution in [-0.4, -0.2) is 22.6 Å². The van der Waals surface area contributed by atoms with Crippen molar-refractivity contribution in [2.75, 3.05) is 6.61 Å². The largest absolute Gasteiger partial charge is 0.396 e. The summed E-state index contributed by atoms with van der Waals surface area (Å²) in [5.41, 5.74) is 1.34. The second-order valence-corrected chi connectivity index (χ2v) is 4.84. The van der Waals surface area contributed by atoms with E-state index in [9.17, 15) is 9.59 Å². The minimum atomic E-state index is -0.446. The summed E-state index contributed by atoms with van der Waals surface area (Å²) in [5.74, 6) is -0.446. The highest BCUT2D eigenvalue weighted by Gasteiger charge is 2.17. The normalized spacial score (nSPS) is 11.9. The van der Waals surface area contributed by atoms with Gasteiger partial charge in [0, 0.05) is 24.6 Å². The van der Waals surface area contributed by atoms with Gasteiger partial charge in [0.25, 0.3) is 5.91 Å². The van der Waals surface area contributed by atoms with Crippen LogP contribution in [-0.2, 0) is 0 Å². The molecule has 0 aliphatic heterocycles. The minimum absolute atomic E-state index is 0.0515. The molecular formula is C16H18N2O3. The fourth-order valence-electron chi connectivity index (χ4n) is 2.12. The number of carbonyl (C=O) groups excluding carboxylic acids is 1. The van der Waals surface area contributed by atoms with Crippen LogP contribution in [0.3, 0.4) is 0 Å². The topological polar surface area (TPSA) is 82.2 Å². The Labute approximate surface area is 122 Å². The van der Waals surface area contributed by atoms with Gasteiger partial charge < -0.3 is 15.4 Å². The van der Waals surface area contributed by atoms with Crippen molar-refractivity contribution in [3.05, 3.63) is 69.6 Å². The molecule has 1 amide bonds. The Balaban J connectivity index is 2.21. The van der Waals surface area contributed by atoms with Crippen molar-refractivity contribution in [1.29, 1.82) is 0 Å². The zero-order valence-corrected chi connectivity index (χ0v) is 11.8. The number of carbonyl (C=O) groups is 1. The fourth-order valence-corrected chi connectivity index (χ4v) is 2.12. The van der Waals surface area contributed by atoms with Gasteiger partial charge in [0.2, 0.25) is 0 Å². The predicted molar refractivity (Wildman–Crippen MR) is 80.2 cm³/mol. The summed E-state index contributed by atoms with van der Waals surface area (Å²) in [6.45, 7) is 1.70. The smallest absolute Gasteiger partial charge is 0.257 e. The van der Waals surface area contributed by atoms with E-state index in [0.29, 0.717) is 12.1 Å².